The molecule has 20 heavy (non-hydrogen) atoms. The van der Waals surface area contributed by atoms with Crippen molar-refractivity contribution < 1.29 is 4.92 Å². The molecule has 0 aliphatic carbocycles. The Labute approximate surface area is 121 Å². The topological polar surface area (TPSA) is 68.1 Å². The monoisotopic (exact) mass is 291 g/mol. The molecule has 0 amide bonds. The molecule has 2 aromatic rings. The average Bonchev–Trinajstić information content (AvgIpc) is 2.97. The van der Waals surface area contributed by atoms with Crippen LogP contribution in [0.2, 0.25) is 0 Å². The van der Waals surface area contributed by atoms with Gasteiger partial charge in [0.2, 0.25) is 0 Å². The Morgan fingerprint density at radius 2 is 2.35 bits per heavy atom. The van der Waals surface area contributed by atoms with E-state index < -0.39 is 0 Å². The van der Waals surface area contributed by atoms with E-state index in [0.717, 1.165) is 24.1 Å². The van der Waals surface area contributed by atoms with Crippen LogP contribution in [0, 0.1) is 10.1 Å². The number of aromatic nitrogens is 1. The molecule has 0 saturated carbocycles. The first-order valence-electron chi connectivity index (χ1n) is 6.55. The molecule has 106 valence electrons. The zero-order valence-electron chi connectivity index (χ0n) is 11.3. The Morgan fingerprint density at radius 1 is 1.50 bits per heavy atom. The maximum absolute atomic E-state index is 10.9. The van der Waals surface area contributed by atoms with Crippen molar-refractivity contribution in [1.29, 1.82) is 0 Å². The molecule has 1 unspecified atom stereocenters. The number of benzene rings is 1. The number of non-ortho nitro benzene ring substituents is 1. The second-order valence-corrected chi connectivity index (χ2v) is 5.27. The summed E-state index contributed by atoms with van der Waals surface area (Å²) in [6, 6.07) is 6.95. The SMILES string of the molecule is CCCC(NCc1cscn1)c1cccc([N+](=O)[O-])c1. The van der Waals surface area contributed by atoms with E-state index >= 15 is 0 Å². The Kier molecular flexibility index (Phi) is 5.20. The normalized spacial score (nSPS) is 12.2. The molecule has 0 aliphatic heterocycles. The first kappa shape index (κ1) is 14.6. The molecule has 0 saturated heterocycles. The van der Waals surface area contributed by atoms with E-state index in [2.05, 4.69) is 17.2 Å². The fourth-order valence-corrected chi connectivity index (χ4v) is 2.64. The summed E-state index contributed by atoms with van der Waals surface area (Å²) in [6.07, 6.45) is 1.95. The van der Waals surface area contributed by atoms with Gasteiger partial charge in [0.15, 0.2) is 0 Å². The number of thiazole rings is 1. The lowest BCUT2D eigenvalue weighted by Gasteiger charge is -2.18. The third-order valence-electron chi connectivity index (χ3n) is 3.07. The minimum atomic E-state index is -0.354. The van der Waals surface area contributed by atoms with Crippen LogP contribution in [0.1, 0.15) is 37.1 Å². The van der Waals surface area contributed by atoms with Gasteiger partial charge >= 0.3 is 0 Å². The summed E-state index contributed by atoms with van der Waals surface area (Å²) in [5.74, 6) is 0. The lowest BCUT2D eigenvalue weighted by Crippen LogP contribution is -2.21. The number of nitro benzene ring substituents is 1. The van der Waals surface area contributed by atoms with Gasteiger partial charge in [0.25, 0.3) is 5.69 Å². The van der Waals surface area contributed by atoms with Crippen molar-refractivity contribution >= 4 is 17.0 Å². The standard InChI is InChI=1S/C14H17N3O2S/c1-2-4-14(15-8-12-9-20-10-16-12)11-5-3-6-13(7-11)17(18)19/h3,5-7,9-10,14-15H,2,4,8H2,1H3. The Balaban J connectivity index is 2.10. The summed E-state index contributed by atoms with van der Waals surface area (Å²) < 4.78 is 0. The van der Waals surface area contributed by atoms with Gasteiger partial charge < -0.3 is 5.32 Å². The van der Waals surface area contributed by atoms with E-state index in [1.54, 1.807) is 29.0 Å². The van der Waals surface area contributed by atoms with Crippen LogP contribution >= 0.6 is 11.3 Å². The maximum atomic E-state index is 10.9. The molecule has 0 aliphatic rings. The molecular formula is C14H17N3O2S. The van der Waals surface area contributed by atoms with Crippen LogP contribution in [0.15, 0.2) is 35.2 Å². The van der Waals surface area contributed by atoms with Crippen molar-refractivity contribution in [2.24, 2.45) is 0 Å². The van der Waals surface area contributed by atoms with Crippen molar-refractivity contribution in [3.63, 3.8) is 0 Å². The molecule has 1 N–H and O–H groups in total. The Bertz CT molecular complexity index is 557. The molecule has 0 spiro atoms. The van der Waals surface area contributed by atoms with Gasteiger partial charge in [0, 0.05) is 30.1 Å². The largest absolute Gasteiger partial charge is 0.304 e. The molecule has 1 atom stereocenters. The molecule has 5 nitrogen and oxygen atoms in total. The predicted octanol–water partition coefficient (Wildman–Crippen LogP) is 3.68. The van der Waals surface area contributed by atoms with E-state index in [-0.39, 0.29) is 16.7 Å². The van der Waals surface area contributed by atoms with Crippen molar-refractivity contribution in [3.05, 3.63) is 56.5 Å². The number of nitro groups is 1. The third kappa shape index (κ3) is 3.85. The molecule has 0 fully saturated rings. The number of rotatable bonds is 7. The van der Waals surface area contributed by atoms with E-state index in [1.807, 2.05) is 11.4 Å². The molecule has 6 heteroatoms. The van der Waals surface area contributed by atoms with Crippen LogP contribution in [0.4, 0.5) is 5.69 Å². The summed E-state index contributed by atoms with van der Waals surface area (Å²) in [5, 5.41) is 16.3. The smallest absolute Gasteiger partial charge is 0.269 e. The van der Waals surface area contributed by atoms with Gasteiger partial charge in [-0.1, -0.05) is 25.5 Å². The minimum absolute atomic E-state index is 0.113. The summed E-state index contributed by atoms with van der Waals surface area (Å²) in [4.78, 5) is 14.7. The van der Waals surface area contributed by atoms with Crippen molar-refractivity contribution in [2.45, 2.75) is 32.4 Å². The maximum Gasteiger partial charge on any atom is 0.269 e. The zero-order valence-corrected chi connectivity index (χ0v) is 12.1. The third-order valence-corrected chi connectivity index (χ3v) is 3.71. The highest BCUT2D eigenvalue weighted by molar-refractivity contribution is 7.07. The fraction of sp³-hybridized carbons (Fsp3) is 0.357. The summed E-state index contributed by atoms with van der Waals surface area (Å²) >= 11 is 1.57. The number of nitrogens with zero attached hydrogens (tertiary/aromatic N) is 2. The summed E-state index contributed by atoms with van der Waals surface area (Å²) in [6.45, 7) is 2.78. The first-order valence-corrected chi connectivity index (χ1v) is 7.49. The van der Waals surface area contributed by atoms with Crippen LogP contribution in [0.3, 0.4) is 0 Å². The van der Waals surface area contributed by atoms with Crippen LogP contribution < -0.4 is 5.32 Å². The average molecular weight is 291 g/mol. The highest BCUT2D eigenvalue weighted by atomic mass is 32.1. The van der Waals surface area contributed by atoms with E-state index in [9.17, 15) is 10.1 Å². The van der Waals surface area contributed by atoms with Crippen molar-refractivity contribution in [1.82, 2.24) is 10.3 Å². The fourth-order valence-electron chi connectivity index (χ4n) is 2.08. The molecule has 1 heterocycles. The van der Waals surface area contributed by atoms with Crippen LogP contribution in [0.25, 0.3) is 0 Å². The van der Waals surface area contributed by atoms with Crippen LogP contribution in [-0.2, 0) is 6.54 Å². The van der Waals surface area contributed by atoms with E-state index in [1.165, 1.54) is 6.07 Å². The summed E-state index contributed by atoms with van der Waals surface area (Å²) in [5.41, 5.74) is 3.90. The highest BCUT2D eigenvalue weighted by Gasteiger charge is 2.14. The zero-order chi connectivity index (χ0) is 14.4. The first-order chi connectivity index (χ1) is 9.70. The van der Waals surface area contributed by atoms with Crippen LogP contribution in [0.5, 0.6) is 0 Å². The second kappa shape index (κ2) is 7.12. The van der Waals surface area contributed by atoms with Gasteiger partial charge in [0.1, 0.15) is 0 Å². The van der Waals surface area contributed by atoms with Gasteiger partial charge in [-0.15, -0.1) is 11.3 Å². The Morgan fingerprint density at radius 3 is 3.00 bits per heavy atom. The van der Waals surface area contributed by atoms with Crippen molar-refractivity contribution in [3.8, 4) is 0 Å². The van der Waals surface area contributed by atoms with Gasteiger partial charge in [-0.2, -0.15) is 0 Å². The van der Waals surface area contributed by atoms with Gasteiger partial charge in [-0.3, -0.25) is 10.1 Å². The van der Waals surface area contributed by atoms with Gasteiger partial charge in [-0.05, 0) is 12.0 Å². The second-order valence-electron chi connectivity index (χ2n) is 4.55. The molecule has 0 bridgehead atoms. The molecule has 1 aromatic carbocycles. The van der Waals surface area contributed by atoms with Crippen molar-refractivity contribution in [2.75, 3.05) is 0 Å². The number of nitrogens with one attached hydrogen (secondary N) is 1. The lowest BCUT2D eigenvalue weighted by atomic mass is 10.0. The Hall–Kier alpha value is -1.79. The number of hydrogen-bond donors (Lipinski definition) is 1. The van der Waals surface area contributed by atoms with Gasteiger partial charge in [-0.25, -0.2) is 4.98 Å². The van der Waals surface area contributed by atoms with Crippen LogP contribution in [-0.4, -0.2) is 9.91 Å². The molecule has 0 radical (unpaired) electrons. The van der Waals surface area contributed by atoms with Gasteiger partial charge in [0.05, 0.1) is 16.1 Å². The number of hydrogen-bond acceptors (Lipinski definition) is 5. The lowest BCUT2D eigenvalue weighted by molar-refractivity contribution is -0.384. The molecular weight excluding hydrogens is 274 g/mol. The minimum Gasteiger partial charge on any atom is -0.304 e. The molecule has 2 rings (SSSR count). The quantitative estimate of drug-likeness (QED) is 0.624. The molecule has 1 aromatic heterocycles. The van der Waals surface area contributed by atoms with E-state index in [4.69, 9.17) is 0 Å². The van der Waals surface area contributed by atoms with E-state index in [0.29, 0.717) is 6.54 Å². The predicted molar refractivity (Wildman–Crippen MR) is 79.7 cm³/mol. The summed E-state index contributed by atoms with van der Waals surface area (Å²) in [7, 11) is 0. The highest BCUT2D eigenvalue weighted by Crippen LogP contribution is 2.23.